The number of aromatic amines is 1. The molecule has 3 N–H and O–H groups in total. The molecule has 0 bridgehead atoms. The molecule has 0 saturated carbocycles. The van der Waals surface area contributed by atoms with Gasteiger partial charge in [-0.15, -0.1) is 0 Å². The third-order valence-corrected chi connectivity index (χ3v) is 8.39. The van der Waals surface area contributed by atoms with Crippen LogP contribution in [0.25, 0.3) is 22.4 Å². The van der Waals surface area contributed by atoms with Gasteiger partial charge in [-0.05, 0) is 31.5 Å². The van der Waals surface area contributed by atoms with Gasteiger partial charge in [0.05, 0.1) is 41.4 Å². The zero-order valence-corrected chi connectivity index (χ0v) is 22.4. The van der Waals surface area contributed by atoms with Crippen molar-refractivity contribution in [3.8, 4) is 17.1 Å². The van der Waals surface area contributed by atoms with Gasteiger partial charge < -0.3 is 19.9 Å². The van der Waals surface area contributed by atoms with Crippen molar-refractivity contribution < 1.29 is 23.4 Å². The number of aliphatic hydroxyl groups excluding tert-OH is 2. The number of aliphatic hydroxyl groups is 2. The zero-order chi connectivity index (χ0) is 26.2. The minimum absolute atomic E-state index is 0.00788. The Balaban J connectivity index is 1.83. The van der Waals surface area contributed by atoms with E-state index in [1.807, 2.05) is 14.0 Å². The molecule has 1 aromatic carbocycles. The number of β-amino-alcohol motifs (C(OH)–C–C–N with tert-alkyl or cyclic N) is 2. The summed E-state index contributed by atoms with van der Waals surface area (Å²) in [6, 6.07) is 4.52. The normalized spacial score (nSPS) is 19.7. The Kier molecular flexibility index (Phi) is 7.78. The lowest BCUT2D eigenvalue weighted by Gasteiger charge is -2.40. The number of aromatic nitrogens is 4. The monoisotopic (exact) mass is 536 g/mol. The molecule has 11 nitrogen and oxygen atoms in total. The minimum atomic E-state index is -4.04. The van der Waals surface area contributed by atoms with Gasteiger partial charge >= 0.3 is 0 Å². The number of sulfonamides is 1. The number of rotatable bonds is 8. The van der Waals surface area contributed by atoms with Gasteiger partial charge in [-0.3, -0.25) is 9.58 Å². The number of benzene rings is 1. The van der Waals surface area contributed by atoms with Crippen LogP contribution in [0.2, 0.25) is 0 Å². The molecule has 4 rings (SSSR count). The van der Waals surface area contributed by atoms with E-state index in [1.54, 1.807) is 17.7 Å². The van der Waals surface area contributed by atoms with Gasteiger partial charge in [0, 0.05) is 13.6 Å². The van der Waals surface area contributed by atoms with Crippen molar-refractivity contribution in [3.63, 3.8) is 0 Å². The van der Waals surface area contributed by atoms with Gasteiger partial charge in [0.25, 0.3) is 0 Å². The molecular formula is C23H32N6O5S2. The summed E-state index contributed by atoms with van der Waals surface area (Å²) in [7, 11) is -2.23. The standard InChI is InChI=1S/C23H32N6O5S2/c1-5-8-16-20-21(27(4)26-16)23(35)25-22(24-20)15-11-14(9-10-17(15)34-7-3)36(32,33)28-12-18(30)29(6-2)19(31)13-28/h9-11,18-19,30-31H,5-8,12-13H2,1-4H3,(H,24,25,35). The molecule has 0 radical (unpaired) electrons. The first-order valence-corrected chi connectivity index (χ1v) is 13.8. The third-order valence-electron chi connectivity index (χ3n) is 6.27. The molecule has 3 heterocycles. The Morgan fingerprint density at radius 1 is 1.19 bits per heavy atom. The average Bonchev–Trinajstić information content (AvgIpc) is 3.15. The second-order valence-electron chi connectivity index (χ2n) is 8.64. The van der Waals surface area contributed by atoms with E-state index in [4.69, 9.17) is 17.0 Å². The Morgan fingerprint density at radius 3 is 2.50 bits per heavy atom. The molecule has 1 saturated heterocycles. The lowest BCUT2D eigenvalue weighted by Crippen LogP contribution is -2.59. The summed E-state index contributed by atoms with van der Waals surface area (Å²) in [5.41, 5.74) is 2.75. The highest BCUT2D eigenvalue weighted by atomic mass is 32.2. The van der Waals surface area contributed by atoms with Crippen LogP contribution in [0.4, 0.5) is 0 Å². The molecule has 3 aromatic rings. The fourth-order valence-corrected chi connectivity index (χ4v) is 6.34. The predicted octanol–water partition coefficient (Wildman–Crippen LogP) is 2.01. The summed E-state index contributed by atoms with van der Waals surface area (Å²) >= 11 is 5.57. The van der Waals surface area contributed by atoms with Gasteiger partial charge in [-0.2, -0.15) is 9.40 Å². The van der Waals surface area contributed by atoms with E-state index in [1.165, 1.54) is 17.0 Å². The van der Waals surface area contributed by atoms with Crippen LogP contribution >= 0.6 is 12.2 Å². The number of nitrogens with one attached hydrogen (secondary N) is 1. The van der Waals surface area contributed by atoms with Gasteiger partial charge in [-0.1, -0.05) is 32.5 Å². The summed E-state index contributed by atoms with van der Waals surface area (Å²) in [6.07, 6.45) is -0.588. The zero-order valence-electron chi connectivity index (χ0n) is 20.8. The summed E-state index contributed by atoms with van der Waals surface area (Å²) < 4.78 is 36.0. The quantitative estimate of drug-likeness (QED) is 0.369. The van der Waals surface area contributed by atoms with Crippen LogP contribution in [0.1, 0.15) is 32.9 Å². The van der Waals surface area contributed by atoms with E-state index < -0.39 is 22.5 Å². The predicted molar refractivity (Wildman–Crippen MR) is 137 cm³/mol. The summed E-state index contributed by atoms with van der Waals surface area (Å²) in [4.78, 5) is 9.29. The first-order valence-electron chi connectivity index (χ1n) is 12.0. The number of H-pyrrole nitrogens is 1. The maximum atomic E-state index is 13.5. The molecule has 196 valence electrons. The SMILES string of the molecule is CCCc1nn(C)c2c(=S)nc(-c3cc(S(=O)(=O)N4CC(O)N(CC)C(O)C4)ccc3OCC)[nH]c12. The molecule has 1 aliphatic heterocycles. The third kappa shape index (κ3) is 4.78. The van der Waals surface area contributed by atoms with Crippen LogP contribution < -0.4 is 4.74 Å². The lowest BCUT2D eigenvalue weighted by atomic mass is 10.1. The van der Waals surface area contributed by atoms with E-state index in [2.05, 4.69) is 22.0 Å². The minimum Gasteiger partial charge on any atom is -0.493 e. The number of nitrogens with zero attached hydrogens (tertiary/aromatic N) is 5. The molecule has 0 aliphatic carbocycles. The van der Waals surface area contributed by atoms with Crippen molar-refractivity contribution >= 4 is 33.3 Å². The number of fused-ring (bicyclic) bond motifs is 1. The first kappa shape index (κ1) is 26.6. The summed E-state index contributed by atoms with van der Waals surface area (Å²) in [5.74, 6) is 0.819. The molecule has 1 fully saturated rings. The second kappa shape index (κ2) is 10.5. The Labute approximate surface area is 215 Å². The van der Waals surface area contributed by atoms with E-state index in [0.29, 0.717) is 40.4 Å². The fraction of sp³-hybridized carbons (Fsp3) is 0.522. The number of hydrogen-bond acceptors (Lipinski definition) is 9. The van der Waals surface area contributed by atoms with E-state index in [-0.39, 0.29) is 18.0 Å². The van der Waals surface area contributed by atoms with E-state index in [0.717, 1.165) is 28.4 Å². The number of aryl methyl sites for hydroxylation is 2. The Bertz CT molecular complexity index is 1410. The fourth-order valence-electron chi connectivity index (χ4n) is 4.55. The molecule has 1 aliphatic rings. The highest BCUT2D eigenvalue weighted by Crippen LogP contribution is 2.33. The number of ether oxygens (including phenoxy) is 1. The van der Waals surface area contributed by atoms with Crippen LogP contribution in [0.3, 0.4) is 0 Å². The van der Waals surface area contributed by atoms with E-state index in [9.17, 15) is 18.6 Å². The molecular weight excluding hydrogens is 504 g/mol. The van der Waals surface area contributed by atoms with Crippen LogP contribution in [0, 0.1) is 4.64 Å². The van der Waals surface area contributed by atoms with Gasteiger partial charge in [0.2, 0.25) is 10.0 Å². The average molecular weight is 537 g/mol. The molecule has 0 amide bonds. The smallest absolute Gasteiger partial charge is 0.243 e. The van der Waals surface area contributed by atoms with Gasteiger partial charge in [0.1, 0.15) is 29.5 Å². The molecule has 36 heavy (non-hydrogen) atoms. The van der Waals surface area contributed by atoms with Crippen LogP contribution in [0.5, 0.6) is 5.75 Å². The molecule has 13 heteroatoms. The largest absolute Gasteiger partial charge is 0.493 e. The highest BCUT2D eigenvalue weighted by Gasteiger charge is 2.38. The Morgan fingerprint density at radius 2 is 1.89 bits per heavy atom. The lowest BCUT2D eigenvalue weighted by molar-refractivity contribution is -0.136. The topological polar surface area (TPSA) is 137 Å². The number of likely N-dealkylation sites (N-methyl/N-ethyl adjacent to an activating group) is 1. The van der Waals surface area contributed by atoms with Crippen LogP contribution in [-0.4, -0.2) is 86.3 Å². The van der Waals surface area contributed by atoms with Crippen molar-refractivity contribution in [2.75, 3.05) is 26.2 Å². The summed E-state index contributed by atoms with van der Waals surface area (Å²) in [6.45, 7) is 6.14. The molecule has 2 aromatic heterocycles. The first-order chi connectivity index (χ1) is 17.1. The van der Waals surface area contributed by atoms with Gasteiger partial charge in [-0.25, -0.2) is 13.4 Å². The van der Waals surface area contributed by atoms with Crippen molar-refractivity contribution in [1.29, 1.82) is 0 Å². The maximum absolute atomic E-state index is 13.5. The maximum Gasteiger partial charge on any atom is 0.243 e. The highest BCUT2D eigenvalue weighted by molar-refractivity contribution is 7.89. The number of piperazine rings is 1. The van der Waals surface area contributed by atoms with Crippen molar-refractivity contribution in [2.24, 2.45) is 7.05 Å². The van der Waals surface area contributed by atoms with Crippen molar-refractivity contribution in [1.82, 2.24) is 29.0 Å². The Hall–Kier alpha value is -2.42. The second-order valence-corrected chi connectivity index (χ2v) is 11.0. The molecule has 2 atom stereocenters. The summed E-state index contributed by atoms with van der Waals surface area (Å²) in [5, 5.41) is 25.3. The van der Waals surface area contributed by atoms with Gasteiger partial charge in [0.15, 0.2) is 4.64 Å². The number of hydrogen-bond donors (Lipinski definition) is 3. The van der Waals surface area contributed by atoms with E-state index >= 15 is 0 Å². The van der Waals surface area contributed by atoms with Crippen molar-refractivity contribution in [3.05, 3.63) is 28.5 Å². The van der Waals surface area contributed by atoms with Crippen molar-refractivity contribution in [2.45, 2.75) is 51.0 Å². The van der Waals surface area contributed by atoms with Crippen LogP contribution in [-0.2, 0) is 23.5 Å². The molecule has 0 spiro atoms. The molecule has 2 unspecified atom stereocenters. The van der Waals surface area contributed by atoms with Crippen LogP contribution in [0.15, 0.2) is 23.1 Å².